The molecule has 2 N–H and O–H groups in total. The van der Waals surface area contributed by atoms with Crippen LogP contribution in [0.25, 0.3) is 5.52 Å². The molecule has 0 unspecified atom stereocenters. The molecule has 3 heterocycles. The molecule has 0 amide bonds. The highest BCUT2D eigenvalue weighted by molar-refractivity contribution is 7.98. The van der Waals surface area contributed by atoms with Crippen LogP contribution in [0.1, 0.15) is 26.4 Å². The molecule has 0 atom stereocenters. The second-order valence-electron chi connectivity index (χ2n) is 7.38. The number of aromatic nitrogens is 4. The highest BCUT2D eigenvalue weighted by atomic mass is 32.2. The van der Waals surface area contributed by atoms with Gasteiger partial charge in [0, 0.05) is 13.2 Å². The lowest BCUT2D eigenvalue weighted by molar-refractivity contribution is 0.0470. The summed E-state index contributed by atoms with van der Waals surface area (Å²) in [5.41, 5.74) is 5.49. The number of benzene rings is 1. The molecule has 1 aromatic carbocycles. The van der Waals surface area contributed by atoms with Gasteiger partial charge < -0.3 is 10.5 Å². The zero-order chi connectivity index (χ0) is 24.4. The van der Waals surface area contributed by atoms with Crippen LogP contribution in [0.2, 0.25) is 0 Å². The molecule has 174 valence electrons. The third-order valence-electron chi connectivity index (χ3n) is 5.27. The number of thioether (sulfide) groups is 1. The summed E-state index contributed by atoms with van der Waals surface area (Å²) in [5.74, 6) is -1.91. The topological polar surface area (TPSA) is 131 Å². The van der Waals surface area contributed by atoms with Crippen LogP contribution in [0.5, 0.6) is 0 Å². The SMILES string of the molecule is CSc1nc(C(=O)OCC(=O)c2c(N)n(Cc3ccccc3)c(=O)n(C)c2=O)c2ccccn12. The Morgan fingerprint density at radius 1 is 1.09 bits per heavy atom. The molecule has 0 fully saturated rings. The third kappa shape index (κ3) is 4.13. The van der Waals surface area contributed by atoms with E-state index in [1.807, 2.05) is 12.3 Å². The Morgan fingerprint density at radius 3 is 2.50 bits per heavy atom. The van der Waals surface area contributed by atoms with Gasteiger partial charge in [-0.25, -0.2) is 14.6 Å². The minimum absolute atomic E-state index is 0.0488. The van der Waals surface area contributed by atoms with Gasteiger partial charge in [0.15, 0.2) is 17.5 Å². The van der Waals surface area contributed by atoms with Gasteiger partial charge in [-0.1, -0.05) is 48.2 Å². The van der Waals surface area contributed by atoms with Crippen LogP contribution < -0.4 is 17.0 Å². The summed E-state index contributed by atoms with van der Waals surface area (Å²) in [7, 11) is 1.26. The van der Waals surface area contributed by atoms with Crippen LogP contribution in [0, 0.1) is 0 Å². The Bertz CT molecular complexity index is 1520. The molecule has 10 nitrogen and oxygen atoms in total. The smallest absolute Gasteiger partial charge is 0.359 e. The third-order valence-corrected chi connectivity index (χ3v) is 5.93. The molecule has 11 heteroatoms. The number of nitrogens with zero attached hydrogens (tertiary/aromatic N) is 4. The van der Waals surface area contributed by atoms with Gasteiger partial charge in [0.2, 0.25) is 5.78 Å². The van der Waals surface area contributed by atoms with Crippen molar-refractivity contribution in [3.63, 3.8) is 0 Å². The van der Waals surface area contributed by atoms with Crippen molar-refractivity contribution in [1.29, 1.82) is 0 Å². The minimum Gasteiger partial charge on any atom is -0.452 e. The zero-order valence-corrected chi connectivity index (χ0v) is 19.2. The molecule has 0 aliphatic carbocycles. The summed E-state index contributed by atoms with van der Waals surface area (Å²) in [6, 6.07) is 14.3. The number of ketones is 1. The van der Waals surface area contributed by atoms with E-state index in [0.717, 1.165) is 14.7 Å². The Balaban J connectivity index is 1.62. The average molecular weight is 480 g/mol. The number of carbonyl (C=O) groups excluding carboxylic acids is 2. The maximum atomic E-state index is 12.9. The Kier molecular flexibility index (Phi) is 6.37. The molecule has 0 radical (unpaired) electrons. The molecule has 3 aromatic heterocycles. The van der Waals surface area contributed by atoms with E-state index in [2.05, 4.69) is 4.98 Å². The van der Waals surface area contributed by atoms with E-state index < -0.39 is 35.2 Å². The normalized spacial score (nSPS) is 11.0. The summed E-state index contributed by atoms with van der Waals surface area (Å²) in [4.78, 5) is 55.2. The highest BCUT2D eigenvalue weighted by Gasteiger charge is 2.24. The number of hydrogen-bond acceptors (Lipinski definition) is 8. The number of rotatable bonds is 7. The van der Waals surface area contributed by atoms with Crippen molar-refractivity contribution < 1.29 is 14.3 Å². The molecule has 0 aliphatic heterocycles. The second-order valence-corrected chi connectivity index (χ2v) is 8.15. The van der Waals surface area contributed by atoms with Gasteiger partial charge in [-0.2, -0.15) is 0 Å². The molecule has 0 spiro atoms. The molecule has 0 aliphatic rings. The van der Waals surface area contributed by atoms with Crippen molar-refractivity contribution in [2.45, 2.75) is 11.7 Å². The predicted molar refractivity (Wildman–Crippen MR) is 127 cm³/mol. The number of nitrogens with two attached hydrogens (primary N) is 1. The van der Waals surface area contributed by atoms with E-state index in [-0.39, 0.29) is 18.1 Å². The summed E-state index contributed by atoms with van der Waals surface area (Å²) in [5, 5.41) is 0.583. The van der Waals surface area contributed by atoms with Gasteiger partial charge in [0.1, 0.15) is 11.4 Å². The summed E-state index contributed by atoms with van der Waals surface area (Å²) < 4.78 is 8.86. The average Bonchev–Trinajstić information content (AvgIpc) is 3.23. The Labute approximate surface area is 197 Å². The predicted octanol–water partition coefficient (Wildman–Crippen LogP) is 1.59. The number of esters is 1. The quantitative estimate of drug-likeness (QED) is 0.240. The number of anilines is 1. The maximum Gasteiger partial charge on any atom is 0.359 e. The minimum atomic E-state index is -0.857. The number of imidazole rings is 1. The van der Waals surface area contributed by atoms with Gasteiger partial charge in [0.05, 0.1) is 12.1 Å². The summed E-state index contributed by atoms with van der Waals surface area (Å²) in [6.45, 7) is -0.667. The van der Waals surface area contributed by atoms with Crippen LogP contribution in [0.3, 0.4) is 0 Å². The lowest BCUT2D eigenvalue weighted by Gasteiger charge is -2.14. The first-order chi connectivity index (χ1) is 16.3. The fourth-order valence-electron chi connectivity index (χ4n) is 3.54. The van der Waals surface area contributed by atoms with Crippen LogP contribution in [-0.4, -0.2) is 43.1 Å². The molecular weight excluding hydrogens is 458 g/mol. The molecule has 4 aromatic rings. The number of Topliss-reactive ketones (excluding diaryl/α,β-unsaturated/α-hetero) is 1. The molecular formula is C23H21N5O5S. The molecule has 0 bridgehead atoms. The van der Waals surface area contributed by atoms with E-state index in [4.69, 9.17) is 10.5 Å². The van der Waals surface area contributed by atoms with Crippen LogP contribution in [-0.2, 0) is 18.3 Å². The maximum absolute atomic E-state index is 12.9. The van der Waals surface area contributed by atoms with E-state index in [9.17, 15) is 19.2 Å². The van der Waals surface area contributed by atoms with Crippen molar-refractivity contribution in [2.75, 3.05) is 18.6 Å². The number of nitrogen functional groups attached to an aromatic ring is 1. The van der Waals surface area contributed by atoms with Crippen LogP contribution in [0.15, 0.2) is 69.5 Å². The van der Waals surface area contributed by atoms with Crippen molar-refractivity contribution in [3.05, 3.63) is 92.4 Å². The largest absolute Gasteiger partial charge is 0.452 e. The molecule has 4 rings (SSSR count). The zero-order valence-electron chi connectivity index (χ0n) is 18.4. The first-order valence-electron chi connectivity index (χ1n) is 10.2. The fraction of sp³-hybridized carbons (Fsp3) is 0.174. The summed E-state index contributed by atoms with van der Waals surface area (Å²) in [6.07, 6.45) is 3.58. The molecule has 0 saturated carbocycles. The standard InChI is InChI=1S/C23H21N5O5S/c1-26-20(30)17(19(24)28(23(26)32)12-14-8-4-3-5-9-14)16(29)13-33-21(31)18-15-10-6-7-11-27(15)22(25-18)34-2/h3-11H,12-13,24H2,1-2H3. The van der Waals surface area contributed by atoms with Gasteiger partial charge >= 0.3 is 11.7 Å². The number of pyridine rings is 1. The second kappa shape index (κ2) is 9.40. The van der Waals surface area contributed by atoms with E-state index >= 15 is 0 Å². The van der Waals surface area contributed by atoms with Crippen molar-refractivity contribution in [2.24, 2.45) is 7.05 Å². The fourth-order valence-corrected chi connectivity index (χ4v) is 4.08. The van der Waals surface area contributed by atoms with E-state index in [1.54, 1.807) is 53.1 Å². The van der Waals surface area contributed by atoms with Gasteiger partial charge in [0.25, 0.3) is 5.56 Å². The first kappa shape index (κ1) is 23.1. The van der Waals surface area contributed by atoms with Gasteiger partial charge in [-0.15, -0.1) is 0 Å². The number of carbonyl (C=O) groups is 2. The van der Waals surface area contributed by atoms with Gasteiger partial charge in [-0.3, -0.25) is 23.1 Å². The summed E-state index contributed by atoms with van der Waals surface area (Å²) >= 11 is 1.35. The van der Waals surface area contributed by atoms with E-state index in [0.29, 0.717) is 10.7 Å². The first-order valence-corrected chi connectivity index (χ1v) is 11.4. The molecule has 34 heavy (non-hydrogen) atoms. The lowest BCUT2D eigenvalue weighted by Crippen LogP contribution is -2.43. The highest BCUT2D eigenvalue weighted by Crippen LogP contribution is 2.20. The van der Waals surface area contributed by atoms with Crippen molar-refractivity contribution in [3.8, 4) is 0 Å². The monoisotopic (exact) mass is 479 g/mol. The number of ether oxygens (including phenoxy) is 1. The van der Waals surface area contributed by atoms with Gasteiger partial charge in [-0.05, 0) is 24.0 Å². The lowest BCUT2D eigenvalue weighted by atomic mass is 10.2. The number of hydrogen-bond donors (Lipinski definition) is 1. The van der Waals surface area contributed by atoms with Crippen LogP contribution in [0.4, 0.5) is 5.82 Å². The number of fused-ring (bicyclic) bond motifs is 1. The van der Waals surface area contributed by atoms with Crippen LogP contribution >= 0.6 is 11.8 Å². The van der Waals surface area contributed by atoms with E-state index in [1.165, 1.54) is 18.8 Å². The van der Waals surface area contributed by atoms with Crippen molar-refractivity contribution in [1.82, 2.24) is 18.5 Å². The Hall–Kier alpha value is -4.12. The van der Waals surface area contributed by atoms with Crippen molar-refractivity contribution >= 4 is 34.8 Å². The molecule has 0 saturated heterocycles. The Morgan fingerprint density at radius 2 is 1.79 bits per heavy atom.